The Morgan fingerprint density at radius 1 is 0.810 bits per heavy atom. The molecule has 102 valence electrons. The summed E-state index contributed by atoms with van der Waals surface area (Å²) in [5.41, 5.74) is 1.68. The van der Waals surface area contributed by atoms with Gasteiger partial charge >= 0.3 is 0 Å². The monoisotopic (exact) mass is 315 g/mol. The fourth-order valence-corrected chi connectivity index (χ4v) is 2.77. The maximum Gasteiger partial charge on any atom is 0.241 e. The van der Waals surface area contributed by atoms with Crippen LogP contribution in [0.25, 0.3) is 27.9 Å². The summed E-state index contributed by atoms with van der Waals surface area (Å²) in [5, 5.41) is 2.17. The molecule has 4 rings (SSSR count). The number of benzene rings is 1. The van der Waals surface area contributed by atoms with Crippen LogP contribution in [-0.2, 0) is 0 Å². The summed E-state index contributed by atoms with van der Waals surface area (Å²) < 4.78 is 1.82. The first-order chi connectivity index (χ1) is 10.2. The Bertz CT molecular complexity index is 906. The van der Waals surface area contributed by atoms with Gasteiger partial charge in [0.05, 0.1) is 5.52 Å². The van der Waals surface area contributed by atoms with Gasteiger partial charge in [-0.2, -0.15) is 15.0 Å². The summed E-state index contributed by atoms with van der Waals surface area (Å²) >= 11 is 11.8. The van der Waals surface area contributed by atoms with E-state index in [4.69, 9.17) is 23.2 Å². The normalized spacial score (nSPS) is 11.3. The van der Waals surface area contributed by atoms with Crippen LogP contribution in [0, 0.1) is 0 Å². The van der Waals surface area contributed by atoms with Gasteiger partial charge in [0.2, 0.25) is 16.5 Å². The second kappa shape index (κ2) is 4.65. The molecule has 7 heteroatoms. The topological polar surface area (TPSA) is 56.5 Å². The minimum absolute atomic E-state index is 0.0480. The first-order valence-electron chi connectivity index (χ1n) is 6.15. The van der Waals surface area contributed by atoms with Gasteiger partial charge in [0.15, 0.2) is 0 Å². The van der Waals surface area contributed by atoms with E-state index >= 15 is 0 Å². The van der Waals surface area contributed by atoms with Crippen LogP contribution < -0.4 is 0 Å². The second-order valence-electron chi connectivity index (χ2n) is 4.40. The van der Waals surface area contributed by atoms with Crippen LogP contribution in [0.4, 0.5) is 0 Å². The summed E-state index contributed by atoms with van der Waals surface area (Å²) in [6.07, 6.45) is 1.72. The molecule has 21 heavy (non-hydrogen) atoms. The number of halogens is 2. The summed E-state index contributed by atoms with van der Waals surface area (Å²) in [6, 6.07) is 11.8. The minimum atomic E-state index is 0.0480. The van der Waals surface area contributed by atoms with Crippen LogP contribution >= 0.6 is 23.2 Å². The zero-order chi connectivity index (χ0) is 14.4. The third-order valence-electron chi connectivity index (χ3n) is 3.20. The van der Waals surface area contributed by atoms with E-state index in [9.17, 15) is 0 Å². The molecule has 1 aromatic carbocycles. The Labute approximate surface area is 129 Å². The van der Waals surface area contributed by atoms with E-state index in [1.807, 2.05) is 41.0 Å². The van der Waals surface area contributed by atoms with Crippen LogP contribution in [0.2, 0.25) is 10.6 Å². The van der Waals surface area contributed by atoms with Crippen LogP contribution in [0.15, 0.2) is 42.6 Å². The van der Waals surface area contributed by atoms with E-state index in [2.05, 4.69) is 19.9 Å². The number of rotatable bonds is 1. The molecule has 0 radical (unpaired) electrons. The lowest BCUT2D eigenvalue weighted by molar-refractivity contribution is 0.932. The molecule has 5 nitrogen and oxygen atoms in total. The van der Waals surface area contributed by atoms with E-state index in [1.54, 1.807) is 6.20 Å². The summed E-state index contributed by atoms with van der Waals surface area (Å²) in [4.78, 5) is 16.5. The van der Waals surface area contributed by atoms with Crippen molar-refractivity contribution in [1.82, 2.24) is 24.5 Å². The molecule has 0 atom stereocenters. The standard InChI is InChI=1S/C14H7Cl2N5/c15-12-18-13(16)20-14(19-12)21-10-6-2-1-4-8(10)9-5-3-7-17-11(9)21/h1-7H. The molecule has 0 saturated carbocycles. The number of hydrogen-bond donors (Lipinski definition) is 0. The Balaban J connectivity index is 2.20. The molecular formula is C14H7Cl2N5. The van der Waals surface area contributed by atoms with Crippen LogP contribution in [-0.4, -0.2) is 24.5 Å². The van der Waals surface area contributed by atoms with Crippen molar-refractivity contribution < 1.29 is 0 Å². The number of pyridine rings is 1. The van der Waals surface area contributed by atoms with Crippen molar-refractivity contribution in [2.75, 3.05) is 0 Å². The average molecular weight is 316 g/mol. The van der Waals surface area contributed by atoms with Gasteiger partial charge in [0.1, 0.15) is 5.65 Å². The Kier molecular flexibility index (Phi) is 2.77. The van der Waals surface area contributed by atoms with Crippen LogP contribution in [0.1, 0.15) is 0 Å². The molecule has 0 unspecified atom stereocenters. The van der Waals surface area contributed by atoms with Gasteiger partial charge in [0.25, 0.3) is 0 Å². The summed E-state index contributed by atoms with van der Waals surface area (Å²) in [7, 11) is 0. The molecule has 0 aliphatic rings. The molecule has 0 saturated heterocycles. The van der Waals surface area contributed by atoms with Gasteiger partial charge in [-0.3, -0.25) is 4.57 Å². The van der Waals surface area contributed by atoms with Gasteiger partial charge in [-0.15, -0.1) is 0 Å². The number of fused-ring (bicyclic) bond motifs is 3. The molecule has 3 aromatic heterocycles. The quantitative estimate of drug-likeness (QED) is 0.537. The molecule has 0 N–H and O–H groups in total. The van der Waals surface area contributed by atoms with Crippen molar-refractivity contribution in [1.29, 1.82) is 0 Å². The SMILES string of the molecule is Clc1nc(Cl)nc(-n2c3ccccc3c3cccnc32)n1. The molecule has 0 aliphatic heterocycles. The van der Waals surface area contributed by atoms with Crippen molar-refractivity contribution in [3.05, 3.63) is 53.2 Å². The van der Waals surface area contributed by atoms with Gasteiger partial charge in [0, 0.05) is 17.0 Å². The van der Waals surface area contributed by atoms with Gasteiger partial charge in [-0.05, 0) is 41.4 Å². The predicted octanol–water partition coefficient (Wildman–Crippen LogP) is 3.67. The molecule has 4 aromatic rings. The molecular weight excluding hydrogens is 309 g/mol. The lowest BCUT2D eigenvalue weighted by atomic mass is 10.2. The van der Waals surface area contributed by atoms with Crippen molar-refractivity contribution in [3.63, 3.8) is 0 Å². The third-order valence-corrected chi connectivity index (χ3v) is 3.54. The zero-order valence-electron chi connectivity index (χ0n) is 10.5. The number of aromatic nitrogens is 5. The molecule has 3 heterocycles. The van der Waals surface area contributed by atoms with Gasteiger partial charge in [-0.25, -0.2) is 4.98 Å². The Hall–Kier alpha value is -2.24. The number of hydrogen-bond acceptors (Lipinski definition) is 4. The average Bonchev–Trinajstić information content (AvgIpc) is 2.81. The first kappa shape index (κ1) is 12.5. The first-order valence-corrected chi connectivity index (χ1v) is 6.91. The Morgan fingerprint density at radius 2 is 1.52 bits per heavy atom. The number of para-hydroxylation sites is 1. The van der Waals surface area contributed by atoms with E-state index in [0.717, 1.165) is 21.9 Å². The molecule has 0 spiro atoms. The fraction of sp³-hybridized carbons (Fsp3) is 0. The van der Waals surface area contributed by atoms with Crippen molar-refractivity contribution in [2.24, 2.45) is 0 Å². The van der Waals surface area contributed by atoms with E-state index in [0.29, 0.717) is 5.95 Å². The minimum Gasteiger partial charge on any atom is -0.262 e. The maximum atomic E-state index is 5.89. The highest BCUT2D eigenvalue weighted by Gasteiger charge is 2.15. The lowest BCUT2D eigenvalue weighted by Gasteiger charge is -2.04. The largest absolute Gasteiger partial charge is 0.262 e. The molecule has 0 fully saturated rings. The summed E-state index contributed by atoms with van der Waals surface area (Å²) in [5.74, 6) is 0.352. The van der Waals surface area contributed by atoms with Crippen molar-refractivity contribution in [3.8, 4) is 5.95 Å². The zero-order valence-corrected chi connectivity index (χ0v) is 12.0. The molecule has 0 amide bonds. The highest BCUT2D eigenvalue weighted by Crippen LogP contribution is 2.29. The lowest BCUT2D eigenvalue weighted by Crippen LogP contribution is -2.03. The highest BCUT2D eigenvalue weighted by molar-refractivity contribution is 6.31. The van der Waals surface area contributed by atoms with E-state index in [-0.39, 0.29) is 10.6 Å². The van der Waals surface area contributed by atoms with Crippen LogP contribution in [0.3, 0.4) is 0 Å². The predicted molar refractivity (Wildman–Crippen MR) is 82.0 cm³/mol. The van der Waals surface area contributed by atoms with Crippen molar-refractivity contribution >= 4 is 45.1 Å². The van der Waals surface area contributed by atoms with Crippen LogP contribution in [0.5, 0.6) is 0 Å². The van der Waals surface area contributed by atoms with E-state index in [1.165, 1.54) is 0 Å². The van der Waals surface area contributed by atoms with Crippen molar-refractivity contribution in [2.45, 2.75) is 0 Å². The van der Waals surface area contributed by atoms with Gasteiger partial charge < -0.3 is 0 Å². The van der Waals surface area contributed by atoms with E-state index < -0.39 is 0 Å². The Morgan fingerprint density at radius 3 is 2.33 bits per heavy atom. The fourth-order valence-electron chi connectivity index (χ4n) is 2.41. The van der Waals surface area contributed by atoms with Gasteiger partial charge in [-0.1, -0.05) is 18.2 Å². The smallest absolute Gasteiger partial charge is 0.241 e. The molecule has 0 aliphatic carbocycles. The maximum absolute atomic E-state index is 5.89. The highest BCUT2D eigenvalue weighted by atomic mass is 35.5. The summed E-state index contributed by atoms with van der Waals surface area (Å²) in [6.45, 7) is 0. The second-order valence-corrected chi connectivity index (χ2v) is 5.08. The number of nitrogens with zero attached hydrogens (tertiary/aromatic N) is 5. The third kappa shape index (κ3) is 1.93. The molecule has 0 bridgehead atoms.